The maximum atomic E-state index is 12.7. The van der Waals surface area contributed by atoms with Crippen LogP contribution in [-0.2, 0) is 11.3 Å². The molecular weight excluding hydrogens is 290 g/mol. The summed E-state index contributed by atoms with van der Waals surface area (Å²) in [5.74, 6) is 0.136. The third-order valence-corrected chi connectivity index (χ3v) is 3.23. The molecule has 0 aliphatic heterocycles. The Balaban J connectivity index is 2.01. The molecule has 1 unspecified atom stereocenters. The molecule has 1 aromatic carbocycles. The first-order chi connectivity index (χ1) is 10.5. The van der Waals surface area contributed by atoms with Crippen molar-refractivity contribution in [3.05, 3.63) is 48.0 Å². The first kappa shape index (κ1) is 16.1. The van der Waals surface area contributed by atoms with Gasteiger partial charge in [0.15, 0.2) is 0 Å². The zero-order valence-corrected chi connectivity index (χ0v) is 12.4. The Morgan fingerprint density at radius 1 is 1.41 bits per heavy atom. The molecule has 0 saturated carbocycles. The molecule has 0 spiro atoms. The van der Waals surface area contributed by atoms with E-state index in [1.54, 1.807) is 6.07 Å². The lowest BCUT2D eigenvalue weighted by Gasteiger charge is -2.16. The normalized spacial score (nSPS) is 12.4. The molecule has 1 aromatic heterocycles. The Bertz CT molecular complexity index is 642. The molecule has 2 aromatic rings. The molecule has 0 fully saturated rings. The van der Waals surface area contributed by atoms with E-state index < -0.39 is 6.55 Å². The Labute approximate surface area is 127 Å². The highest BCUT2D eigenvalue weighted by atomic mass is 19.3. The van der Waals surface area contributed by atoms with Crippen LogP contribution >= 0.6 is 0 Å². The summed E-state index contributed by atoms with van der Waals surface area (Å²) >= 11 is 0. The number of imidazole rings is 1. The minimum absolute atomic E-state index is 0.0727. The smallest absolute Gasteiger partial charge is 0.319 e. The highest BCUT2D eigenvalue weighted by molar-refractivity contribution is 5.88. The van der Waals surface area contributed by atoms with Crippen LogP contribution in [0, 0.1) is 0 Å². The van der Waals surface area contributed by atoms with Gasteiger partial charge in [0.05, 0.1) is 6.54 Å². The molecular formula is C15H18F2N4O. The lowest BCUT2D eigenvalue weighted by Crippen LogP contribution is -2.21. The van der Waals surface area contributed by atoms with Gasteiger partial charge in [-0.1, -0.05) is 12.1 Å². The van der Waals surface area contributed by atoms with Crippen molar-refractivity contribution in [3.8, 4) is 0 Å². The standard InChI is InChI=1S/C15H18F2N4O/c1-10(12-4-3-5-13(8-12)20-11(2)22)19-9-14-18-6-7-21(14)15(16)17/h3-8,10,15,19H,9H2,1-2H3,(H,20,22). The molecule has 0 aliphatic rings. The summed E-state index contributed by atoms with van der Waals surface area (Å²) in [5, 5.41) is 5.86. The van der Waals surface area contributed by atoms with Gasteiger partial charge in [-0.2, -0.15) is 8.78 Å². The van der Waals surface area contributed by atoms with E-state index in [-0.39, 0.29) is 24.3 Å². The number of hydrogen-bond acceptors (Lipinski definition) is 3. The maximum Gasteiger partial charge on any atom is 0.319 e. The first-order valence-electron chi connectivity index (χ1n) is 6.88. The predicted molar refractivity (Wildman–Crippen MR) is 79.5 cm³/mol. The number of hydrogen-bond donors (Lipinski definition) is 2. The number of amides is 1. The van der Waals surface area contributed by atoms with Crippen LogP contribution in [0.4, 0.5) is 14.5 Å². The predicted octanol–water partition coefficient (Wildman–Crippen LogP) is 3.09. The number of carbonyl (C=O) groups is 1. The number of nitrogens with zero attached hydrogens (tertiary/aromatic N) is 2. The Morgan fingerprint density at radius 2 is 2.18 bits per heavy atom. The third-order valence-electron chi connectivity index (χ3n) is 3.23. The van der Waals surface area contributed by atoms with Crippen molar-refractivity contribution in [1.82, 2.24) is 14.9 Å². The number of anilines is 1. The van der Waals surface area contributed by atoms with Crippen molar-refractivity contribution in [2.75, 3.05) is 5.32 Å². The number of benzene rings is 1. The fraction of sp³-hybridized carbons (Fsp3) is 0.333. The molecule has 2 N–H and O–H groups in total. The number of rotatable bonds is 6. The first-order valence-corrected chi connectivity index (χ1v) is 6.88. The van der Waals surface area contributed by atoms with Crippen molar-refractivity contribution in [2.24, 2.45) is 0 Å². The fourth-order valence-electron chi connectivity index (χ4n) is 2.11. The molecule has 1 amide bonds. The number of nitrogens with one attached hydrogen (secondary N) is 2. The van der Waals surface area contributed by atoms with E-state index in [0.29, 0.717) is 5.69 Å². The molecule has 7 heteroatoms. The fourth-order valence-corrected chi connectivity index (χ4v) is 2.11. The molecule has 5 nitrogen and oxygen atoms in total. The van der Waals surface area contributed by atoms with Crippen molar-refractivity contribution < 1.29 is 13.6 Å². The second-order valence-electron chi connectivity index (χ2n) is 4.94. The number of aromatic nitrogens is 2. The molecule has 1 atom stereocenters. The minimum atomic E-state index is -2.60. The van der Waals surface area contributed by atoms with Crippen molar-refractivity contribution >= 4 is 11.6 Å². The van der Waals surface area contributed by atoms with Crippen LogP contribution in [0.3, 0.4) is 0 Å². The van der Waals surface area contributed by atoms with Gasteiger partial charge in [0, 0.05) is 31.0 Å². The molecule has 22 heavy (non-hydrogen) atoms. The van der Waals surface area contributed by atoms with Gasteiger partial charge in [-0.05, 0) is 24.6 Å². The largest absolute Gasteiger partial charge is 0.326 e. The van der Waals surface area contributed by atoms with E-state index >= 15 is 0 Å². The molecule has 2 rings (SSSR count). The summed E-state index contributed by atoms with van der Waals surface area (Å²) in [6.45, 7) is 0.988. The summed E-state index contributed by atoms with van der Waals surface area (Å²) < 4.78 is 26.3. The lowest BCUT2D eigenvalue weighted by molar-refractivity contribution is -0.114. The van der Waals surface area contributed by atoms with Crippen molar-refractivity contribution in [1.29, 1.82) is 0 Å². The summed E-state index contributed by atoms with van der Waals surface area (Å²) in [5.41, 5.74) is 1.65. The second-order valence-corrected chi connectivity index (χ2v) is 4.94. The summed E-state index contributed by atoms with van der Waals surface area (Å²) in [6.07, 6.45) is 2.61. The van der Waals surface area contributed by atoms with E-state index in [2.05, 4.69) is 15.6 Å². The van der Waals surface area contributed by atoms with Crippen LogP contribution in [0.5, 0.6) is 0 Å². The molecule has 0 radical (unpaired) electrons. The average molecular weight is 308 g/mol. The highest BCUT2D eigenvalue weighted by Crippen LogP contribution is 2.18. The number of alkyl halides is 2. The number of halogens is 2. The Hall–Kier alpha value is -2.28. The summed E-state index contributed by atoms with van der Waals surface area (Å²) in [6, 6.07) is 7.30. The van der Waals surface area contributed by atoms with Crippen LogP contribution in [0.15, 0.2) is 36.7 Å². The topological polar surface area (TPSA) is 59.0 Å². The zero-order chi connectivity index (χ0) is 16.1. The van der Waals surface area contributed by atoms with Crippen molar-refractivity contribution in [2.45, 2.75) is 33.0 Å². The number of carbonyl (C=O) groups excluding carboxylic acids is 1. The maximum absolute atomic E-state index is 12.7. The summed E-state index contributed by atoms with van der Waals surface area (Å²) in [7, 11) is 0. The van der Waals surface area contributed by atoms with E-state index in [1.807, 2.05) is 25.1 Å². The summed E-state index contributed by atoms with van der Waals surface area (Å²) in [4.78, 5) is 15.0. The van der Waals surface area contributed by atoms with Crippen LogP contribution in [-0.4, -0.2) is 15.5 Å². The van der Waals surface area contributed by atoms with Gasteiger partial charge < -0.3 is 10.6 Å². The van der Waals surface area contributed by atoms with Crippen LogP contribution in [0.25, 0.3) is 0 Å². The molecule has 0 saturated heterocycles. The Kier molecular flexibility index (Phi) is 5.21. The minimum Gasteiger partial charge on any atom is -0.326 e. The third kappa shape index (κ3) is 4.11. The SMILES string of the molecule is CC(=O)Nc1cccc(C(C)NCc2nccn2C(F)F)c1. The highest BCUT2D eigenvalue weighted by Gasteiger charge is 2.13. The van der Waals surface area contributed by atoms with Crippen molar-refractivity contribution in [3.63, 3.8) is 0 Å². The Morgan fingerprint density at radius 3 is 2.86 bits per heavy atom. The van der Waals surface area contributed by atoms with Gasteiger partial charge in [-0.15, -0.1) is 0 Å². The van der Waals surface area contributed by atoms with Gasteiger partial charge in [0.25, 0.3) is 0 Å². The zero-order valence-electron chi connectivity index (χ0n) is 12.4. The van der Waals surface area contributed by atoms with E-state index in [9.17, 15) is 13.6 Å². The van der Waals surface area contributed by atoms with Gasteiger partial charge in [-0.25, -0.2) is 4.98 Å². The molecule has 118 valence electrons. The quantitative estimate of drug-likeness (QED) is 0.862. The van der Waals surface area contributed by atoms with Crippen LogP contribution in [0.1, 0.15) is 37.8 Å². The van der Waals surface area contributed by atoms with Crippen LogP contribution < -0.4 is 10.6 Å². The molecule has 1 heterocycles. The van der Waals surface area contributed by atoms with E-state index in [1.165, 1.54) is 19.3 Å². The van der Waals surface area contributed by atoms with E-state index in [4.69, 9.17) is 0 Å². The monoisotopic (exact) mass is 308 g/mol. The van der Waals surface area contributed by atoms with Gasteiger partial charge in [0.1, 0.15) is 5.82 Å². The average Bonchev–Trinajstić information content (AvgIpc) is 2.93. The molecule has 0 aliphatic carbocycles. The van der Waals surface area contributed by atoms with E-state index in [0.717, 1.165) is 10.1 Å². The van der Waals surface area contributed by atoms with Gasteiger partial charge in [0.2, 0.25) is 5.91 Å². The lowest BCUT2D eigenvalue weighted by atomic mass is 10.1. The van der Waals surface area contributed by atoms with Gasteiger partial charge >= 0.3 is 6.55 Å². The second kappa shape index (κ2) is 7.13. The molecule has 0 bridgehead atoms. The van der Waals surface area contributed by atoms with Gasteiger partial charge in [-0.3, -0.25) is 9.36 Å². The van der Waals surface area contributed by atoms with Crippen LogP contribution in [0.2, 0.25) is 0 Å².